The van der Waals surface area contributed by atoms with E-state index in [0.717, 1.165) is 12.1 Å². The number of rotatable bonds is 5. The van der Waals surface area contributed by atoms with Gasteiger partial charge in [0.15, 0.2) is 0 Å². The highest BCUT2D eigenvalue weighted by molar-refractivity contribution is 6.31. The molecule has 0 saturated carbocycles. The van der Waals surface area contributed by atoms with E-state index >= 15 is 0 Å². The number of pyridine rings is 1. The normalized spacial score (nSPS) is 11.6. The Balaban J connectivity index is 2.69. The molecule has 0 bridgehead atoms. The van der Waals surface area contributed by atoms with Crippen molar-refractivity contribution in [3.05, 3.63) is 22.8 Å². The molecule has 0 aliphatic carbocycles. The Labute approximate surface area is 109 Å². The summed E-state index contributed by atoms with van der Waals surface area (Å²) < 4.78 is 5.49. The van der Waals surface area contributed by atoms with E-state index in [1.807, 2.05) is 6.07 Å². The minimum atomic E-state index is 0.0469. The molecule has 3 nitrogen and oxygen atoms in total. The second kappa shape index (κ2) is 6.22. The maximum absolute atomic E-state index is 6.10. The van der Waals surface area contributed by atoms with Gasteiger partial charge < -0.3 is 10.1 Å². The Morgan fingerprint density at radius 1 is 1.35 bits per heavy atom. The summed E-state index contributed by atoms with van der Waals surface area (Å²) >= 11 is 6.10. The van der Waals surface area contributed by atoms with Crippen molar-refractivity contribution in [1.29, 1.82) is 0 Å². The fraction of sp³-hybridized carbons (Fsp3) is 0.615. The maximum Gasteiger partial charge on any atom is 0.213 e. The second-order valence-corrected chi connectivity index (χ2v) is 5.44. The summed E-state index contributed by atoms with van der Waals surface area (Å²) in [5, 5.41) is 4.03. The van der Waals surface area contributed by atoms with Crippen LogP contribution < -0.4 is 10.1 Å². The molecule has 1 N–H and O–H groups in total. The zero-order valence-electron chi connectivity index (χ0n) is 11.0. The third kappa shape index (κ3) is 5.37. The van der Waals surface area contributed by atoms with Crippen molar-refractivity contribution in [2.75, 3.05) is 6.61 Å². The molecule has 0 radical (unpaired) electrons. The Kier molecular flexibility index (Phi) is 5.22. The van der Waals surface area contributed by atoms with Gasteiger partial charge in [0.2, 0.25) is 5.88 Å². The molecule has 1 rings (SSSR count). The van der Waals surface area contributed by atoms with Crippen molar-refractivity contribution < 1.29 is 4.74 Å². The summed E-state index contributed by atoms with van der Waals surface area (Å²) in [6.07, 6.45) is 0.972. The Morgan fingerprint density at radius 2 is 2.06 bits per heavy atom. The standard InChI is InChI=1S/C13H21ClN2O/c1-5-8-17-12-7-6-10(14)11(16-12)9-15-13(2,3)4/h6-7,15H,5,8-9H2,1-4H3. The van der Waals surface area contributed by atoms with E-state index in [2.05, 4.69) is 38.0 Å². The molecule has 0 spiro atoms. The van der Waals surface area contributed by atoms with Gasteiger partial charge in [0.25, 0.3) is 0 Å². The average molecular weight is 257 g/mol. The largest absolute Gasteiger partial charge is 0.478 e. The maximum atomic E-state index is 6.10. The number of ether oxygens (including phenoxy) is 1. The van der Waals surface area contributed by atoms with Gasteiger partial charge >= 0.3 is 0 Å². The lowest BCUT2D eigenvalue weighted by Crippen LogP contribution is -2.35. The monoisotopic (exact) mass is 256 g/mol. The molecule has 0 aliphatic rings. The van der Waals surface area contributed by atoms with Crippen molar-refractivity contribution in [1.82, 2.24) is 10.3 Å². The summed E-state index contributed by atoms with van der Waals surface area (Å²) in [5.74, 6) is 0.641. The van der Waals surface area contributed by atoms with Crippen LogP contribution in [0, 0.1) is 0 Å². The van der Waals surface area contributed by atoms with Crippen molar-refractivity contribution in [3.63, 3.8) is 0 Å². The quantitative estimate of drug-likeness (QED) is 0.877. The highest BCUT2D eigenvalue weighted by Crippen LogP contribution is 2.18. The van der Waals surface area contributed by atoms with Crippen LogP contribution in [-0.2, 0) is 6.54 Å². The van der Waals surface area contributed by atoms with Crippen LogP contribution in [0.1, 0.15) is 39.8 Å². The van der Waals surface area contributed by atoms with E-state index in [4.69, 9.17) is 16.3 Å². The van der Waals surface area contributed by atoms with Crippen LogP contribution in [0.4, 0.5) is 0 Å². The molecule has 0 aromatic carbocycles. The van der Waals surface area contributed by atoms with Crippen LogP contribution in [0.15, 0.2) is 12.1 Å². The molecule has 1 aromatic rings. The Hall–Kier alpha value is -0.800. The van der Waals surface area contributed by atoms with Crippen molar-refractivity contribution in [2.45, 2.75) is 46.2 Å². The van der Waals surface area contributed by atoms with E-state index < -0.39 is 0 Å². The lowest BCUT2D eigenvalue weighted by atomic mass is 10.1. The SMILES string of the molecule is CCCOc1ccc(Cl)c(CNC(C)(C)C)n1. The first-order valence-electron chi connectivity index (χ1n) is 5.95. The van der Waals surface area contributed by atoms with E-state index in [0.29, 0.717) is 24.1 Å². The highest BCUT2D eigenvalue weighted by atomic mass is 35.5. The Bertz CT molecular complexity index is 361. The van der Waals surface area contributed by atoms with Crippen molar-refractivity contribution >= 4 is 11.6 Å². The highest BCUT2D eigenvalue weighted by Gasteiger charge is 2.11. The molecule has 0 atom stereocenters. The summed E-state index contributed by atoms with van der Waals surface area (Å²) in [7, 11) is 0. The molecule has 4 heteroatoms. The first kappa shape index (κ1) is 14.3. The second-order valence-electron chi connectivity index (χ2n) is 5.03. The predicted molar refractivity (Wildman–Crippen MR) is 71.6 cm³/mol. The number of nitrogens with zero attached hydrogens (tertiary/aromatic N) is 1. The van der Waals surface area contributed by atoms with Gasteiger partial charge in [-0.15, -0.1) is 0 Å². The summed E-state index contributed by atoms with van der Waals surface area (Å²) in [6, 6.07) is 3.64. The van der Waals surface area contributed by atoms with Crippen molar-refractivity contribution in [3.8, 4) is 5.88 Å². The van der Waals surface area contributed by atoms with Gasteiger partial charge in [0.05, 0.1) is 17.3 Å². The minimum Gasteiger partial charge on any atom is -0.478 e. The fourth-order valence-corrected chi connectivity index (χ4v) is 1.40. The molecule has 0 aliphatic heterocycles. The van der Waals surface area contributed by atoms with E-state index in [-0.39, 0.29) is 5.54 Å². The minimum absolute atomic E-state index is 0.0469. The molecule has 17 heavy (non-hydrogen) atoms. The lowest BCUT2D eigenvalue weighted by molar-refractivity contribution is 0.303. The van der Waals surface area contributed by atoms with Gasteiger partial charge in [0, 0.05) is 18.2 Å². The summed E-state index contributed by atoms with van der Waals surface area (Å²) in [4.78, 5) is 4.40. The topological polar surface area (TPSA) is 34.1 Å². The third-order valence-electron chi connectivity index (χ3n) is 2.13. The average Bonchev–Trinajstić information content (AvgIpc) is 2.25. The molecule has 96 valence electrons. The van der Waals surface area contributed by atoms with Gasteiger partial charge in [0.1, 0.15) is 0 Å². The molecule has 1 aromatic heterocycles. The number of hydrogen-bond donors (Lipinski definition) is 1. The van der Waals surface area contributed by atoms with Gasteiger partial charge in [-0.25, -0.2) is 4.98 Å². The molecule has 0 unspecified atom stereocenters. The van der Waals surface area contributed by atoms with Crippen LogP contribution in [-0.4, -0.2) is 17.1 Å². The molecule has 0 amide bonds. The first-order valence-corrected chi connectivity index (χ1v) is 6.33. The van der Waals surface area contributed by atoms with Gasteiger partial charge in [-0.2, -0.15) is 0 Å². The zero-order valence-corrected chi connectivity index (χ0v) is 11.8. The number of halogens is 1. The smallest absolute Gasteiger partial charge is 0.213 e. The molecule has 0 fully saturated rings. The van der Waals surface area contributed by atoms with Crippen LogP contribution >= 0.6 is 11.6 Å². The zero-order chi connectivity index (χ0) is 12.9. The number of hydrogen-bond acceptors (Lipinski definition) is 3. The van der Waals surface area contributed by atoms with Gasteiger partial charge in [-0.05, 0) is 33.3 Å². The summed E-state index contributed by atoms with van der Waals surface area (Å²) in [5.41, 5.74) is 0.876. The molecular weight excluding hydrogens is 236 g/mol. The van der Waals surface area contributed by atoms with Crippen molar-refractivity contribution in [2.24, 2.45) is 0 Å². The fourth-order valence-electron chi connectivity index (χ4n) is 1.22. The summed E-state index contributed by atoms with van der Waals surface area (Å²) in [6.45, 7) is 9.72. The molecule has 1 heterocycles. The van der Waals surface area contributed by atoms with E-state index in [9.17, 15) is 0 Å². The number of nitrogens with one attached hydrogen (secondary N) is 1. The predicted octanol–water partition coefficient (Wildman–Crippen LogP) is 3.41. The Morgan fingerprint density at radius 3 is 2.65 bits per heavy atom. The lowest BCUT2D eigenvalue weighted by Gasteiger charge is -2.20. The first-order chi connectivity index (χ1) is 7.92. The van der Waals surface area contributed by atoms with Crippen LogP contribution in [0.3, 0.4) is 0 Å². The molecule has 0 saturated heterocycles. The van der Waals surface area contributed by atoms with E-state index in [1.54, 1.807) is 6.07 Å². The number of aromatic nitrogens is 1. The third-order valence-corrected chi connectivity index (χ3v) is 2.48. The van der Waals surface area contributed by atoms with Gasteiger partial charge in [-0.1, -0.05) is 18.5 Å². The molecular formula is C13H21ClN2O. The van der Waals surface area contributed by atoms with Crippen LogP contribution in [0.2, 0.25) is 5.02 Å². The van der Waals surface area contributed by atoms with E-state index in [1.165, 1.54) is 0 Å². The van der Waals surface area contributed by atoms with Gasteiger partial charge in [-0.3, -0.25) is 0 Å². The van der Waals surface area contributed by atoms with Crippen LogP contribution in [0.25, 0.3) is 0 Å². The van der Waals surface area contributed by atoms with Crippen LogP contribution in [0.5, 0.6) is 5.88 Å².